The molecular weight excluding hydrogens is 369 g/mol. The van der Waals surface area contributed by atoms with Crippen molar-refractivity contribution in [2.24, 2.45) is 5.41 Å². The van der Waals surface area contributed by atoms with Gasteiger partial charge in [-0.25, -0.2) is 0 Å². The van der Waals surface area contributed by atoms with Crippen molar-refractivity contribution in [2.45, 2.75) is 32.4 Å². The van der Waals surface area contributed by atoms with Gasteiger partial charge in [0.05, 0.1) is 31.8 Å². The lowest BCUT2D eigenvalue weighted by Gasteiger charge is -2.41. The number of hydrogen-bond donors (Lipinski definition) is 0. The zero-order chi connectivity index (χ0) is 20.2. The Morgan fingerprint density at radius 2 is 1.61 bits per heavy atom. The van der Waals surface area contributed by atoms with E-state index in [-0.39, 0.29) is 11.4 Å². The van der Waals surface area contributed by atoms with Crippen LogP contribution in [0.5, 0.6) is 0 Å². The standard InChI is InChI=1S/C22H23F3O3/c1-2-28-20(26)13-21(14-27-15-21)12-11-16-3-5-17(6-4-16)18-7-9-19(10-8-18)22(23,24)25/h3-10H,2,11-15H2,1H3. The highest BCUT2D eigenvalue weighted by molar-refractivity contribution is 5.70. The maximum absolute atomic E-state index is 12.7. The lowest BCUT2D eigenvalue weighted by molar-refractivity contribution is -0.162. The number of rotatable bonds is 7. The number of halogens is 3. The second-order valence-corrected chi connectivity index (χ2v) is 7.25. The van der Waals surface area contributed by atoms with Crippen molar-refractivity contribution in [3.05, 3.63) is 59.7 Å². The number of aryl methyl sites for hydroxylation is 1. The number of carbonyl (C=O) groups excluding carboxylic acids is 1. The Balaban J connectivity index is 1.61. The van der Waals surface area contributed by atoms with Crippen LogP contribution in [0.2, 0.25) is 0 Å². The minimum absolute atomic E-state index is 0.154. The van der Waals surface area contributed by atoms with E-state index < -0.39 is 11.7 Å². The van der Waals surface area contributed by atoms with Gasteiger partial charge in [0.25, 0.3) is 0 Å². The van der Waals surface area contributed by atoms with Gasteiger partial charge in [0.15, 0.2) is 0 Å². The molecule has 1 aliphatic heterocycles. The number of alkyl halides is 3. The van der Waals surface area contributed by atoms with Crippen molar-refractivity contribution in [3.63, 3.8) is 0 Å². The normalized spacial score (nSPS) is 15.7. The summed E-state index contributed by atoms with van der Waals surface area (Å²) >= 11 is 0. The molecule has 2 aromatic carbocycles. The summed E-state index contributed by atoms with van der Waals surface area (Å²) < 4.78 is 48.4. The Morgan fingerprint density at radius 3 is 2.07 bits per heavy atom. The van der Waals surface area contributed by atoms with Crippen LogP contribution in [0, 0.1) is 5.41 Å². The monoisotopic (exact) mass is 392 g/mol. The number of ether oxygens (including phenoxy) is 2. The van der Waals surface area contributed by atoms with E-state index in [1.165, 1.54) is 12.1 Å². The van der Waals surface area contributed by atoms with Gasteiger partial charge in [-0.05, 0) is 48.6 Å². The first-order valence-corrected chi connectivity index (χ1v) is 9.31. The van der Waals surface area contributed by atoms with Gasteiger partial charge in [-0.2, -0.15) is 13.2 Å². The molecule has 1 saturated heterocycles. The molecule has 1 heterocycles. The lowest BCUT2D eigenvalue weighted by Crippen LogP contribution is -2.44. The molecule has 1 aliphatic rings. The molecule has 0 saturated carbocycles. The van der Waals surface area contributed by atoms with Crippen molar-refractivity contribution in [2.75, 3.05) is 19.8 Å². The van der Waals surface area contributed by atoms with Gasteiger partial charge in [-0.3, -0.25) is 4.79 Å². The van der Waals surface area contributed by atoms with Gasteiger partial charge >= 0.3 is 12.1 Å². The smallest absolute Gasteiger partial charge is 0.416 e. The van der Waals surface area contributed by atoms with Crippen molar-refractivity contribution >= 4 is 5.97 Å². The molecule has 2 aromatic rings. The summed E-state index contributed by atoms with van der Waals surface area (Å²) in [6.07, 6.45) is -2.33. The maximum atomic E-state index is 12.7. The predicted molar refractivity (Wildman–Crippen MR) is 99.7 cm³/mol. The molecule has 0 bridgehead atoms. The van der Waals surface area contributed by atoms with Gasteiger partial charge in [0, 0.05) is 5.41 Å². The summed E-state index contributed by atoms with van der Waals surface area (Å²) in [5, 5.41) is 0. The number of carbonyl (C=O) groups is 1. The summed E-state index contributed by atoms with van der Waals surface area (Å²) in [4.78, 5) is 11.8. The molecule has 6 heteroatoms. The SMILES string of the molecule is CCOC(=O)CC1(CCc2ccc(-c3ccc(C(F)(F)F)cc3)cc2)COC1. The molecule has 0 aromatic heterocycles. The molecule has 150 valence electrons. The van der Waals surface area contributed by atoms with E-state index in [0.29, 0.717) is 26.2 Å². The zero-order valence-corrected chi connectivity index (χ0v) is 15.7. The third-order valence-corrected chi connectivity index (χ3v) is 5.08. The summed E-state index contributed by atoms with van der Waals surface area (Å²) in [5.41, 5.74) is 1.92. The average Bonchev–Trinajstić information content (AvgIpc) is 2.64. The Bertz CT molecular complexity index is 791. The van der Waals surface area contributed by atoms with Gasteiger partial charge < -0.3 is 9.47 Å². The second kappa shape index (κ2) is 8.35. The third-order valence-electron chi connectivity index (χ3n) is 5.08. The van der Waals surface area contributed by atoms with E-state index in [2.05, 4.69) is 0 Å². The second-order valence-electron chi connectivity index (χ2n) is 7.25. The van der Waals surface area contributed by atoms with E-state index in [1.807, 2.05) is 24.3 Å². The molecular formula is C22H23F3O3. The van der Waals surface area contributed by atoms with Gasteiger partial charge in [0.2, 0.25) is 0 Å². The largest absolute Gasteiger partial charge is 0.466 e. The van der Waals surface area contributed by atoms with E-state index in [4.69, 9.17) is 9.47 Å². The molecule has 1 fully saturated rings. The fourth-order valence-corrected chi connectivity index (χ4v) is 3.37. The van der Waals surface area contributed by atoms with Crippen LogP contribution < -0.4 is 0 Å². The van der Waals surface area contributed by atoms with Crippen LogP contribution in [0.3, 0.4) is 0 Å². The van der Waals surface area contributed by atoms with Crippen LogP contribution in [0.4, 0.5) is 13.2 Å². The Hall–Kier alpha value is -2.34. The van der Waals surface area contributed by atoms with Gasteiger partial charge in [-0.1, -0.05) is 36.4 Å². The van der Waals surface area contributed by atoms with E-state index in [0.717, 1.165) is 41.7 Å². The number of esters is 1. The van der Waals surface area contributed by atoms with Crippen LogP contribution in [0.15, 0.2) is 48.5 Å². The molecule has 3 nitrogen and oxygen atoms in total. The van der Waals surface area contributed by atoms with Crippen LogP contribution in [-0.2, 0) is 26.9 Å². The quantitative estimate of drug-likeness (QED) is 0.602. The minimum Gasteiger partial charge on any atom is -0.466 e. The van der Waals surface area contributed by atoms with Crippen LogP contribution in [0.1, 0.15) is 30.9 Å². The van der Waals surface area contributed by atoms with Crippen molar-refractivity contribution in [3.8, 4) is 11.1 Å². The number of benzene rings is 2. The van der Waals surface area contributed by atoms with Crippen LogP contribution in [-0.4, -0.2) is 25.8 Å². The highest BCUT2D eigenvalue weighted by Crippen LogP contribution is 2.37. The van der Waals surface area contributed by atoms with Crippen molar-refractivity contribution in [1.29, 1.82) is 0 Å². The molecule has 0 spiro atoms. The summed E-state index contributed by atoms with van der Waals surface area (Å²) in [6.45, 7) is 3.30. The highest BCUT2D eigenvalue weighted by atomic mass is 19.4. The maximum Gasteiger partial charge on any atom is 0.416 e. The highest BCUT2D eigenvalue weighted by Gasteiger charge is 2.40. The van der Waals surface area contributed by atoms with Crippen LogP contribution in [0.25, 0.3) is 11.1 Å². The van der Waals surface area contributed by atoms with Crippen molar-refractivity contribution in [1.82, 2.24) is 0 Å². The van der Waals surface area contributed by atoms with Crippen LogP contribution >= 0.6 is 0 Å². The average molecular weight is 392 g/mol. The van der Waals surface area contributed by atoms with Gasteiger partial charge in [0.1, 0.15) is 0 Å². The fourth-order valence-electron chi connectivity index (χ4n) is 3.37. The molecule has 0 N–H and O–H groups in total. The molecule has 0 aliphatic carbocycles. The van der Waals surface area contributed by atoms with Crippen molar-refractivity contribution < 1.29 is 27.4 Å². The number of hydrogen-bond acceptors (Lipinski definition) is 3. The summed E-state index contributed by atoms with van der Waals surface area (Å²) in [6, 6.07) is 12.9. The first-order chi connectivity index (χ1) is 13.3. The third kappa shape index (κ3) is 4.93. The Labute approximate surface area is 162 Å². The van der Waals surface area contributed by atoms with E-state index in [1.54, 1.807) is 6.92 Å². The van der Waals surface area contributed by atoms with Gasteiger partial charge in [-0.15, -0.1) is 0 Å². The lowest BCUT2D eigenvalue weighted by atomic mass is 9.77. The summed E-state index contributed by atoms with van der Waals surface area (Å²) in [7, 11) is 0. The zero-order valence-electron chi connectivity index (χ0n) is 15.7. The predicted octanol–water partition coefficient (Wildman–Crippen LogP) is 5.27. The molecule has 28 heavy (non-hydrogen) atoms. The summed E-state index contributed by atoms with van der Waals surface area (Å²) in [5.74, 6) is -0.191. The first-order valence-electron chi connectivity index (χ1n) is 9.31. The molecule has 0 unspecified atom stereocenters. The Kier molecular flexibility index (Phi) is 6.08. The topological polar surface area (TPSA) is 35.5 Å². The Morgan fingerprint density at radius 1 is 1.04 bits per heavy atom. The molecule has 0 radical (unpaired) electrons. The van der Waals surface area contributed by atoms with E-state index in [9.17, 15) is 18.0 Å². The fraction of sp³-hybridized carbons (Fsp3) is 0.409. The molecule has 0 amide bonds. The molecule has 0 atom stereocenters. The van der Waals surface area contributed by atoms with E-state index >= 15 is 0 Å². The molecule has 3 rings (SSSR count). The minimum atomic E-state index is -4.33. The first kappa shape index (κ1) is 20.4.